The van der Waals surface area contributed by atoms with Crippen LogP contribution >= 0.6 is 0 Å². The normalized spacial score (nSPS) is 31.5. The highest BCUT2D eigenvalue weighted by Crippen LogP contribution is 2.08. The second kappa shape index (κ2) is 3.69. The van der Waals surface area contributed by atoms with Gasteiger partial charge in [-0.25, -0.2) is 0 Å². The molecule has 64 valence electrons. The van der Waals surface area contributed by atoms with E-state index in [4.69, 9.17) is 0 Å². The molecule has 0 aliphatic carbocycles. The van der Waals surface area contributed by atoms with Crippen LogP contribution in [0.3, 0.4) is 0 Å². The van der Waals surface area contributed by atoms with E-state index in [0.717, 1.165) is 6.54 Å². The third-order valence-electron chi connectivity index (χ3n) is 1.98. The van der Waals surface area contributed by atoms with E-state index in [1.54, 1.807) is 0 Å². The molecule has 0 aromatic heterocycles. The van der Waals surface area contributed by atoms with Crippen molar-refractivity contribution in [3.05, 3.63) is 0 Å². The zero-order valence-electron chi connectivity index (χ0n) is 6.62. The maximum Gasteiger partial charge on any atom is 0.314 e. The van der Waals surface area contributed by atoms with Crippen LogP contribution in [0.15, 0.2) is 0 Å². The molecule has 4 nitrogen and oxygen atoms in total. The van der Waals surface area contributed by atoms with Crippen LogP contribution in [-0.2, 0) is 9.53 Å². The van der Waals surface area contributed by atoms with E-state index in [9.17, 15) is 9.90 Å². The van der Waals surface area contributed by atoms with Crippen molar-refractivity contribution in [1.29, 1.82) is 0 Å². The Balaban J connectivity index is 2.39. The summed E-state index contributed by atoms with van der Waals surface area (Å²) in [6.45, 7) is 1.44. The first-order chi connectivity index (χ1) is 5.24. The number of ether oxygens (including phenoxy) is 1. The van der Waals surface area contributed by atoms with Crippen LogP contribution in [-0.4, -0.2) is 37.4 Å². The fraction of sp³-hybridized carbons (Fsp3) is 0.857. The first-order valence-corrected chi connectivity index (χ1v) is 3.81. The lowest BCUT2D eigenvalue weighted by molar-refractivity contribution is -0.674. The molecule has 3 N–H and O–H groups in total. The van der Waals surface area contributed by atoms with Crippen molar-refractivity contribution in [2.24, 2.45) is 5.92 Å². The van der Waals surface area contributed by atoms with Gasteiger partial charge >= 0.3 is 5.97 Å². The first kappa shape index (κ1) is 8.49. The Bertz CT molecular complexity index is 149. The molecule has 0 bridgehead atoms. The van der Waals surface area contributed by atoms with E-state index in [2.05, 4.69) is 4.74 Å². The predicted molar refractivity (Wildman–Crippen MR) is 37.8 cm³/mol. The minimum absolute atomic E-state index is 0.122. The fourth-order valence-electron chi connectivity index (χ4n) is 1.37. The van der Waals surface area contributed by atoms with E-state index < -0.39 is 0 Å². The number of carbonyl (C=O) groups excluding carboxylic acids is 1. The Morgan fingerprint density at radius 1 is 1.64 bits per heavy atom. The van der Waals surface area contributed by atoms with Gasteiger partial charge in [-0.3, -0.25) is 4.79 Å². The summed E-state index contributed by atoms with van der Waals surface area (Å²) in [6, 6.07) is 0. The van der Waals surface area contributed by atoms with Crippen molar-refractivity contribution in [3.63, 3.8) is 0 Å². The number of aliphatic hydroxyl groups excluding tert-OH is 1. The van der Waals surface area contributed by atoms with Crippen molar-refractivity contribution < 1.29 is 20.0 Å². The Kier molecular flexibility index (Phi) is 2.84. The molecule has 0 saturated carbocycles. The fourth-order valence-corrected chi connectivity index (χ4v) is 1.37. The number of nitrogens with two attached hydrogens (primary N) is 1. The summed E-state index contributed by atoms with van der Waals surface area (Å²) >= 11 is 0. The topological polar surface area (TPSA) is 63.1 Å². The Hall–Kier alpha value is -0.610. The summed E-state index contributed by atoms with van der Waals surface area (Å²) in [5.41, 5.74) is 0. The van der Waals surface area contributed by atoms with Crippen LogP contribution in [0.25, 0.3) is 0 Å². The standard InChI is InChI=1S/C7H13NO3/c1-11-7(10)5-2-6(9)4-8-3-5/h5-6,8-9H,2-4H2,1H3/p+1/t5-,6-/m0/s1. The van der Waals surface area contributed by atoms with Crippen molar-refractivity contribution in [2.75, 3.05) is 20.2 Å². The van der Waals surface area contributed by atoms with Crippen LogP contribution in [0.2, 0.25) is 0 Å². The summed E-state index contributed by atoms with van der Waals surface area (Å²) in [6.07, 6.45) is 0.191. The molecule has 1 saturated heterocycles. The number of piperidine rings is 1. The molecule has 2 atom stereocenters. The first-order valence-electron chi connectivity index (χ1n) is 3.81. The van der Waals surface area contributed by atoms with E-state index in [0.29, 0.717) is 13.0 Å². The molecule has 0 radical (unpaired) electrons. The summed E-state index contributed by atoms with van der Waals surface area (Å²) in [5, 5.41) is 11.1. The minimum atomic E-state index is -0.354. The van der Waals surface area contributed by atoms with Gasteiger partial charge in [-0.2, -0.15) is 0 Å². The summed E-state index contributed by atoms with van der Waals surface area (Å²) in [5.74, 6) is -0.330. The second-order valence-electron chi connectivity index (χ2n) is 2.87. The molecule has 0 spiro atoms. The highest BCUT2D eigenvalue weighted by molar-refractivity contribution is 5.72. The zero-order valence-corrected chi connectivity index (χ0v) is 6.62. The van der Waals surface area contributed by atoms with E-state index >= 15 is 0 Å². The van der Waals surface area contributed by atoms with Gasteiger partial charge in [-0.15, -0.1) is 0 Å². The van der Waals surface area contributed by atoms with E-state index in [-0.39, 0.29) is 18.0 Å². The second-order valence-corrected chi connectivity index (χ2v) is 2.87. The number of hydrogen-bond donors (Lipinski definition) is 2. The summed E-state index contributed by atoms with van der Waals surface area (Å²) < 4.78 is 4.57. The van der Waals surface area contributed by atoms with Crippen molar-refractivity contribution in [2.45, 2.75) is 12.5 Å². The molecule has 0 unspecified atom stereocenters. The summed E-state index contributed by atoms with van der Waals surface area (Å²) in [7, 11) is 1.38. The minimum Gasteiger partial charge on any atom is -0.469 e. The number of methoxy groups -OCH3 is 1. The number of quaternary nitrogens is 1. The Morgan fingerprint density at radius 3 is 2.91 bits per heavy atom. The number of rotatable bonds is 1. The van der Waals surface area contributed by atoms with E-state index in [1.807, 2.05) is 5.32 Å². The maximum absolute atomic E-state index is 11.0. The molecule has 1 aliphatic rings. The third-order valence-corrected chi connectivity index (χ3v) is 1.98. The SMILES string of the molecule is COC(=O)[C@@H]1C[NH2+]C[C@@H](O)C1. The third kappa shape index (κ3) is 2.17. The van der Waals surface area contributed by atoms with Crippen LogP contribution in [0.1, 0.15) is 6.42 Å². The monoisotopic (exact) mass is 160 g/mol. The Morgan fingerprint density at radius 2 is 2.36 bits per heavy atom. The van der Waals surface area contributed by atoms with Crippen molar-refractivity contribution >= 4 is 5.97 Å². The molecule has 1 fully saturated rings. The summed E-state index contributed by atoms with van der Waals surface area (Å²) in [4.78, 5) is 11.0. The van der Waals surface area contributed by atoms with Gasteiger partial charge in [0.1, 0.15) is 18.6 Å². The van der Waals surface area contributed by atoms with Gasteiger partial charge in [-0.05, 0) is 6.42 Å². The molecule has 4 heteroatoms. The predicted octanol–water partition coefficient (Wildman–Crippen LogP) is -1.90. The molecule has 1 rings (SSSR count). The average Bonchev–Trinajstić information content (AvgIpc) is 2.03. The van der Waals surface area contributed by atoms with Crippen LogP contribution in [0, 0.1) is 5.92 Å². The van der Waals surface area contributed by atoms with Crippen LogP contribution < -0.4 is 5.32 Å². The van der Waals surface area contributed by atoms with E-state index in [1.165, 1.54) is 7.11 Å². The van der Waals surface area contributed by atoms with Gasteiger partial charge < -0.3 is 15.2 Å². The Labute approximate surface area is 65.5 Å². The largest absolute Gasteiger partial charge is 0.469 e. The lowest BCUT2D eigenvalue weighted by Crippen LogP contribution is -2.90. The molecular weight excluding hydrogens is 146 g/mol. The van der Waals surface area contributed by atoms with Crippen LogP contribution in [0.5, 0.6) is 0 Å². The van der Waals surface area contributed by atoms with Gasteiger partial charge in [-0.1, -0.05) is 0 Å². The number of esters is 1. The van der Waals surface area contributed by atoms with Gasteiger partial charge in [0, 0.05) is 0 Å². The molecule has 0 aromatic rings. The lowest BCUT2D eigenvalue weighted by atomic mass is 9.98. The molecular formula is C7H14NO3+. The number of hydrogen-bond acceptors (Lipinski definition) is 3. The van der Waals surface area contributed by atoms with Gasteiger partial charge in [0.25, 0.3) is 0 Å². The molecule has 0 aromatic carbocycles. The quantitative estimate of drug-likeness (QED) is 0.441. The van der Waals surface area contributed by atoms with Gasteiger partial charge in [0.15, 0.2) is 0 Å². The number of carbonyl (C=O) groups is 1. The molecule has 0 amide bonds. The highest BCUT2D eigenvalue weighted by atomic mass is 16.5. The van der Waals surface area contributed by atoms with Gasteiger partial charge in [0.2, 0.25) is 0 Å². The van der Waals surface area contributed by atoms with Crippen molar-refractivity contribution in [3.8, 4) is 0 Å². The van der Waals surface area contributed by atoms with Crippen LogP contribution in [0.4, 0.5) is 0 Å². The molecule has 11 heavy (non-hydrogen) atoms. The molecule has 1 aliphatic heterocycles. The maximum atomic E-state index is 11.0. The number of aliphatic hydroxyl groups is 1. The zero-order chi connectivity index (χ0) is 8.27. The van der Waals surface area contributed by atoms with Crippen molar-refractivity contribution in [1.82, 2.24) is 0 Å². The smallest absolute Gasteiger partial charge is 0.314 e. The van der Waals surface area contributed by atoms with Gasteiger partial charge in [0.05, 0.1) is 13.7 Å². The lowest BCUT2D eigenvalue weighted by Gasteiger charge is -2.21. The highest BCUT2D eigenvalue weighted by Gasteiger charge is 2.29. The average molecular weight is 160 g/mol. The molecule has 1 heterocycles.